The molecule has 3 heterocycles. The molecule has 9 heteroatoms. The van der Waals surface area contributed by atoms with Crippen LogP contribution in [0.5, 0.6) is 11.5 Å². The van der Waals surface area contributed by atoms with E-state index in [-0.39, 0.29) is 11.7 Å². The fourth-order valence-corrected chi connectivity index (χ4v) is 5.60. The van der Waals surface area contributed by atoms with Crippen LogP contribution in [-0.4, -0.2) is 30.9 Å². The van der Waals surface area contributed by atoms with Crippen LogP contribution in [0.2, 0.25) is 0 Å². The molecule has 172 valence electrons. The average Bonchev–Trinajstić information content (AvgIpc) is 3.41. The van der Waals surface area contributed by atoms with E-state index >= 15 is 0 Å². The van der Waals surface area contributed by atoms with Crippen molar-refractivity contribution in [2.45, 2.75) is 32.9 Å². The molecule has 0 spiro atoms. The number of hydrogen-bond donors (Lipinski definition) is 0. The number of fused-ring (bicyclic) bond motifs is 1. The van der Waals surface area contributed by atoms with Gasteiger partial charge >= 0.3 is 5.97 Å². The van der Waals surface area contributed by atoms with Gasteiger partial charge in [0.05, 0.1) is 36.1 Å². The highest BCUT2D eigenvalue weighted by Gasteiger charge is 2.34. The van der Waals surface area contributed by atoms with Crippen molar-refractivity contribution < 1.29 is 19.0 Å². The van der Waals surface area contributed by atoms with Gasteiger partial charge < -0.3 is 14.2 Å². The van der Waals surface area contributed by atoms with Gasteiger partial charge in [0.25, 0.3) is 5.56 Å². The molecule has 4 rings (SSSR count). The fraction of sp³-hybridized carbons (Fsp3) is 0.292. The highest BCUT2D eigenvalue weighted by molar-refractivity contribution is 7.10. The first kappa shape index (κ1) is 23.0. The maximum absolute atomic E-state index is 13.6. The Morgan fingerprint density at radius 3 is 2.61 bits per heavy atom. The topological polar surface area (TPSA) is 79.1 Å². The van der Waals surface area contributed by atoms with Crippen LogP contribution in [0.3, 0.4) is 0 Å². The molecule has 0 unspecified atom stereocenters. The van der Waals surface area contributed by atoms with E-state index in [0.29, 0.717) is 37.7 Å². The van der Waals surface area contributed by atoms with Crippen LogP contribution < -0.4 is 24.4 Å². The third-order valence-corrected chi connectivity index (χ3v) is 7.02. The third kappa shape index (κ3) is 4.26. The number of rotatable bonds is 6. The number of allylic oxidation sites excluding steroid dienone is 1. The van der Waals surface area contributed by atoms with Crippen LogP contribution in [0.1, 0.15) is 37.3 Å². The van der Waals surface area contributed by atoms with Crippen molar-refractivity contribution in [3.05, 3.63) is 77.1 Å². The summed E-state index contributed by atoms with van der Waals surface area (Å²) in [6, 6.07) is 8.71. The maximum atomic E-state index is 13.6. The number of para-hydroxylation sites is 1. The number of hydrogen-bond acceptors (Lipinski definition) is 8. The van der Waals surface area contributed by atoms with Crippen molar-refractivity contribution in [2.24, 2.45) is 4.99 Å². The summed E-state index contributed by atoms with van der Waals surface area (Å²) in [5, 5.41) is 1.92. The van der Waals surface area contributed by atoms with Crippen LogP contribution in [0.25, 0.3) is 6.08 Å². The van der Waals surface area contributed by atoms with Gasteiger partial charge in [-0.3, -0.25) is 9.36 Å². The molecule has 2 aromatic heterocycles. The molecular formula is C24H24N2O5S2. The molecule has 0 N–H and O–H groups in total. The number of esters is 1. The molecule has 0 amide bonds. The van der Waals surface area contributed by atoms with Gasteiger partial charge in [0.2, 0.25) is 0 Å². The summed E-state index contributed by atoms with van der Waals surface area (Å²) < 4.78 is 18.5. The van der Waals surface area contributed by atoms with Gasteiger partial charge in [0.1, 0.15) is 6.04 Å². The van der Waals surface area contributed by atoms with Crippen molar-refractivity contribution in [1.29, 1.82) is 0 Å². The number of thiophene rings is 1. The molecule has 3 aromatic rings. The van der Waals surface area contributed by atoms with E-state index in [1.807, 2.05) is 29.6 Å². The average molecular weight is 485 g/mol. The first-order valence-electron chi connectivity index (χ1n) is 10.3. The second-order valence-corrected chi connectivity index (χ2v) is 9.62. The van der Waals surface area contributed by atoms with Crippen LogP contribution in [-0.2, 0) is 9.53 Å². The molecule has 0 saturated heterocycles. The molecule has 1 aliphatic rings. The molecule has 0 radical (unpaired) electrons. The summed E-state index contributed by atoms with van der Waals surface area (Å²) in [7, 11) is 3.13. The van der Waals surface area contributed by atoms with Crippen molar-refractivity contribution >= 4 is 34.7 Å². The highest BCUT2D eigenvalue weighted by Crippen LogP contribution is 2.34. The second-order valence-electron chi connectivity index (χ2n) is 7.63. The predicted octanol–water partition coefficient (Wildman–Crippen LogP) is 3.27. The lowest BCUT2D eigenvalue weighted by Gasteiger charge is -2.24. The smallest absolute Gasteiger partial charge is 0.338 e. The summed E-state index contributed by atoms with van der Waals surface area (Å²) in [6.45, 7) is 5.37. The van der Waals surface area contributed by atoms with E-state index in [1.54, 1.807) is 51.7 Å². The monoisotopic (exact) mass is 484 g/mol. The minimum absolute atomic E-state index is 0.232. The Morgan fingerprint density at radius 2 is 1.97 bits per heavy atom. The van der Waals surface area contributed by atoms with E-state index in [0.717, 1.165) is 4.88 Å². The summed E-state index contributed by atoms with van der Waals surface area (Å²) in [5.41, 5.74) is 1.41. The van der Waals surface area contributed by atoms with E-state index in [9.17, 15) is 9.59 Å². The number of nitrogens with zero attached hydrogens (tertiary/aromatic N) is 2. The zero-order valence-corrected chi connectivity index (χ0v) is 20.6. The van der Waals surface area contributed by atoms with E-state index in [1.165, 1.54) is 22.7 Å². The van der Waals surface area contributed by atoms with Crippen LogP contribution in [0, 0.1) is 0 Å². The zero-order valence-electron chi connectivity index (χ0n) is 18.9. The first-order chi connectivity index (χ1) is 15.8. The Hall–Kier alpha value is -3.17. The highest BCUT2D eigenvalue weighted by atomic mass is 32.1. The Bertz CT molecular complexity index is 1400. The maximum Gasteiger partial charge on any atom is 0.338 e. The fourth-order valence-electron chi connectivity index (χ4n) is 3.74. The zero-order chi connectivity index (χ0) is 23.7. The largest absolute Gasteiger partial charge is 0.493 e. The summed E-state index contributed by atoms with van der Waals surface area (Å²) >= 11 is 2.75. The summed E-state index contributed by atoms with van der Waals surface area (Å²) in [4.78, 5) is 32.6. The number of benzene rings is 1. The lowest BCUT2D eigenvalue weighted by Crippen LogP contribution is -2.39. The Kier molecular flexibility index (Phi) is 6.53. The predicted molar refractivity (Wildman–Crippen MR) is 129 cm³/mol. The van der Waals surface area contributed by atoms with E-state index < -0.39 is 12.0 Å². The molecule has 7 nitrogen and oxygen atoms in total. The third-order valence-electron chi connectivity index (χ3n) is 5.12. The van der Waals surface area contributed by atoms with E-state index in [2.05, 4.69) is 4.99 Å². The Balaban J connectivity index is 1.94. The lowest BCUT2D eigenvalue weighted by molar-refractivity contribution is -0.143. The van der Waals surface area contributed by atoms with Gasteiger partial charge in [-0.05, 0) is 44.4 Å². The molecule has 0 saturated carbocycles. The number of ether oxygens (including phenoxy) is 3. The summed E-state index contributed by atoms with van der Waals surface area (Å²) in [5.74, 6) is 0.650. The molecule has 1 aromatic carbocycles. The molecule has 0 aliphatic carbocycles. The summed E-state index contributed by atoms with van der Waals surface area (Å²) in [6.07, 6.45) is 1.48. The molecule has 0 fully saturated rings. The second kappa shape index (κ2) is 9.36. The van der Waals surface area contributed by atoms with Gasteiger partial charge in [-0.15, -0.1) is 11.3 Å². The number of thiazole rings is 1. The molecule has 1 atom stereocenters. The molecular weight excluding hydrogens is 460 g/mol. The van der Waals surface area contributed by atoms with Gasteiger partial charge in [-0.2, -0.15) is 0 Å². The quantitative estimate of drug-likeness (QED) is 0.502. The van der Waals surface area contributed by atoms with Crippen LogP contribution >= 0.6 is 22.7 Å². The first-order valence-corrected chi connectivity index (χ1v) is 12.0. The van der Waals surface area contributed by atoms with Crippen molar-refractivity contribution in [2.75, 3.05) is 14.2 Å². The number of carbonyl (C=O) groups is 1. The van der Waals surface area contributed by atoms with Crippen molar-refractivity contribution in [1.82, 2.24) is 4.57 Å². The van der Waals surface area contributed by atoms with Crippen molar-refractivity contribution in [3.8, 4) is 11.5 Å². The Morgan fingerprint density at radius 1 is 1.18 bits per heavy atom. The number of carbonyl (C=O) groups excluding carboxylic acids is 1. The van der Waals surface area contributed by atoms with Gasteiger partial charge in [0.15, 0.2) is 16.3 Å². The molecule has 1 aliphatic heterocycles. The van der Waals surface area contributed by atoms with E-state index in [4.69, 9.17) is 14.2 Å². The van der Waals surface area contributed by atoms with Crippen molar-refractivity contribution in [3.63, 3.8) is 0 Å². The van der Waals surface area contributed by atoms with Gasteiger partial charge in [-0.1, -0.05) is 29.5 Å². The molecule has 0 bridgehead atoms. The number of methoxy groups -OCH3 is 2. The standard InChI is InChI=1S/C24H24N2O5S2/c1-13(2)31-23(28)19-14(3)25-24-26(20(19)17-10-7-11-32-17)22(27)18(33-24)12-15-8-6-9-16(29-4)21(15)30-5/h6-13,20H,1-5H3/b18-12+/t20-/m1/s1. The van der Waals surface area contributed by atoms with Crippen LogP contribution in [0.4, 0.5) is 0 Å². The SMILES string of the molecule is COc1cccc(/C=c2/sc3n(c2=O)[C@H](c2cccs2)C(C(=O)OC(C)C)=C(C)N=3)c1OC. The Labute approximate surface area is 198 Å². The number of aromatic nitrogens is 1. The molecule has 33 heavy (non-hydrogen) atoms. The van der Waals surface area contributed by atoms with Gasteiger partial charge in [0, 0.05) is 10.4 Å². The van der Waals surface area contributed by atoms with Gasteiger partial charge in [-0.25, -0.2) is 9.79 Å². The van der Waals surface area contributed by atoms with Crippen LogP contribution in [0.15, 0.2) is 56.8 Å². The lowest BCUT2D eigenvalue weighted by atomic mass is 10.0. The normalized spacial score (nSPS) is 15.9. The minimum atomic E-state index is -0.596. The minimum Gasteiger partial charge on any atom is -0.493 e.